The highest BCUT2D eigenvalue weighted by atomic mass is 16.1. The van der Waals surface area contributed by atoms with Gasteiger partial charge in [-0.2, -0.15) is 0 Å². The van der Waals surface area contributed by atoms with Crippen molar-refractivity contribution in [3.8, 4) is 0 Å². The van der Waals surface area contributed by atoms with E-state index in [1.54, 1.807) is 12.4 Å². The summed E-state index contributed by atoms with van der Waals surface area (Å²) in [5, 5.41) is 9.59. The molecule has 1 atom stereocenters. The summed E-state index contributed by atoms with van der Waals surface area (Å²) in [6.45, 7) is 4.26. The Balaban J connectivity index is 1.37. The Bertz CT molecular complexity index is 1010. The smallest absolute Gasteiger partial charge is 0.224 e. The topological polar surface area (TPSA) is 86.6 Å². The lowest BCUT2D eigenvalue weighted by atomic mass is 9.99. The fraction of sp³-hybridized carbons (Fsp3) is 0.381. The van der Waals surface area contributed by atoms with Gasteiger partial charge in [-0.15, -0.1) is 0 Å². The maximum absolute atomic E-state index is 11.8. The highest BCUT2D eigenvalue weighted by Crippen LogP contribution is 2.28. The summed E-state index contributed by atoms with van der Waals surface area (Å²) in [6, 6.07) is 0. The van der Waals surface area contributed by atoms with Crippen molar-refractivity contribution in [3.63, 3.8) is 0 Å². The molecule has 0 aromatic carbocycles. The summed E-state index contributed by atoms with van der Waals surface area (Å²) < 4.78 is 2.02. The van der Waals surface area contributed by atoms with Crippen LogP contribution in [0.25, 0.3) is 5.65 Å². The van der Waals surface area contributed by atoms with Crippen LogP contribution in [0.2, 0.25) is 0 Å². The number of aromatic nitrogens is 3. The van der Waals surface area contributed by atoms with Gasteiger partial charge < -0.3 is 20.9 Å². The number of piperazine rings is 1. The summed E-state index contributed by atoms with van der Waals surface area (Å²) in [5.74, 6) is 0.765. The number of imidazole rings is 1. The van der Waals surface area contributed by atoms with Gasteiger partial charge in [0, 0.05) is 74.7 Å². The third-order valence-electron chi connectivity index (χ3n) is 5.74. The fourth-order valence-corrected chi connectivity index (χ4v) is 4.19. The van der Waals surface area contributed by atoms with Gasteiger partial charge in [0.25, 0.3) is 0 Å². The lowest BCUT2D eigenvalue weighted by Crippen LogP contribution is -2.43. The van der Waals surface area contributed by atoms with E-state index < -0.39 is 0 Å². The number of amides is 1. The lowest BCUT2D eigenvalue weighted by Gasteiger charge is -2.33. The highest BCUT2D eigenvalue weighted by Gasteiger charge is 2.21. The van der Waals surface area contributed by atoms with Crippen molar-refractivity contribution in [2.45, 2.75) is 25.2 Å². The molecule has 2 aromatic heterocycles. The molecule has 8 heteroatoms. The summed E-state index contributed by atoms with van der Waals surface area (Å²) in [6.07, 6.45) is 16.0. The minimum Gasteiger partial charge on any atom is -0.372 e. The molecule has 1 saturated heterocycles. The second-order valence-corrected chi connectivity index (χ2v) is 7.60. The van der Waals surface area contributed by atoms with E-state index in [4.69, 9.17) is 0 Å². The van der Waals surface area contributed by atoms with E-state index in [1.165, 1.54) is 5.70 Å². The largest absolute Gasteiger partial charge is 0.372 e. The third-order valence-corrected chi connectivity index (χ3v) is 5.74. The Kier molecular flexibility index (Phi) is 4.77. The second kappa shape index (κ2) is 7.71. The van der Waals surface area contributed by atoms with Crippen molar-refractivity contribution in [1.82, 2.24) is 29.9 Å². The number of hydrogen-bond donors (Lipinski definition) is 3. The van der Waals surface area contributed by atoms with Gasteiger partial charge >= 0.3 is 0 Å². The van der Waals surface area contributed by atoms with Crippen LogP contribution in [0.3, 0.4) is 0 Å². The summed E-state index contributed by atoms with van der Waals surface area (Å²) >= 11 is 0. The summed E-state index contributed by atoms with van der Waals surface area (Å²) in [4.78, 5) is 23.4. The minimum absolute atomic E-state index is 0.000389. The minimum atomic E-state index is 0.000389. The molecule has 0 saturated carbocycles. The Hall–Kier alpha value is -3.13. The highest BCUT2D eigenvalue weighted by molar-refractivity contribution is 5.79. The summed E-state index contributed by atoms with van der Waals surface area (Å²) in [5.41, 5.74) is 4.30. The Morgan fingerprint density at radius 1 is 1.14 bits per heavy atom. The molecule has 4 heterocycles. The molecule has 0 bridgehead atoms. The van der Waals surface area contributed by atoms with Crippen molar-refractivity contribution < 1.29 is 4.79 Å². The zero-order chi connectivity index (χ0) is 19.6. The van der Waals surface area contributed by atoms with Crippen LogP contribution in [-0.4, -0.2) is 51.4 Å². The molecule has 1 aliphatic carbocycles. The number of rotatable bonds is 4. The van der Waals surface area contributed by atoms with Crippen LogP contribution in [-0.2, 0) is 4.79 Å². The zero-order valence-corrected chi connectivity index (χ0v) is 16.3. The molecular formula is C21H25N7O. The number of fused-ring (bicyclic) bond motifs is 1. The predicted molar refractivity (Wildman–Crippen MR) is 111 cm³/mol. The third kappa shape index (κ3) is 3.63. The first-order chi connectivity index (χ1) is 14.3. The quantitative estimate of drug-likeness (QED) is 0.736. The van der Waals surface area contributed by atoms with Gasteiger partial charge in [0.15, 0.2) is 11.5 Å². The van der Waals surface area contributed by atoms with E-state index in [2.05, 4.69) is 43.0 Å². The summed E-state index contributed by atoms with van der Waals surface area (Å²) in [7, 11) is 0. The van der Waals surface area contributed by atoms with E-state index in [9.17, 15) is 4.79 Å². The number of hydrogen-bond acceptors (Lipinski definition) is 6. The van der Waals surface area contributed by atoms with Gasteiger partial charge in [-0.1, -0.05) is 6.08 Å². The molecule has 3 aliphatic rings. The Labute approximate surface area is 169 Å². The Morgan fingerprint density at radius 3 is 2.83 bits per heavy atom. The first kappa shape index (κ1) is 17.9. The maximum Gasteiger partial charge on any atom is 0.224 e. The molecular weight excluding hydrogens is 366 g/mol. The van der Waals surface area contributed by atoms with E-state index in [1.807, 2.05) is 22.9 Å². The fourth-order valence-electron chi connectivity index (χ4n) is 4.19. The standard InChI is InChI=1S/C21H25N7O/c29-19-13-15(5-6-23-19)18-14-25-20(21-24-9-12-28(18)21)26-16-1-3-17(4-2-16)27-10-7-22-8-11-27/h1,3,5-6,9,12,14-15,22H,2,4,7-8,10-11,13H2,(H,23,29)(H,25,26). The molecule has 0 radical (unpaired) electrons. The molecule has 2 aromatic rings. The van der Waals surface area contributed by atoms with Gasteiger partial charge in [-0.3, -0.25) is 9.20 Å². The van der Waals surface area contributed by atoms with Gasteiger partial charge in [0.05, 0.1) is 5.69 Å². The van der Waals surface area contributed by atoms with Crippen molar-refractivity contribution in [2.24, 2.45) is 0 Å². The zero-order valence-electron chi connectivity index (χ0n) is 16.3. The number of carbonyl (C=O) groups excluding carboxylic acids is 1. The van der Waals surface area contributed by atoms with E-state index in [0.29, 0.717) is 6.42 Å². The number of anilines is 1. The lowest BCUT2D eigenvalue weighted by molar-refractivity contribution is -0.120. The normalized spacial score (nSPS) is 22.3. The van der Waals surface area contributed by atoms with Crippen LogP contribution in [0.4, 0.5) is 5.82 Å². The maximum atomic E-state index is 11.8. The monoisotopic (exact) mass is 391 g/mol. The van der Waals surface area contributed by atoms with Crippen LogP contribution in [0.5, 0.6) is 0 Å². The van der Waals surface area contributed by atoms with E-state index in [-0.39, 0.29) is 11.8 Å². The first-order valence-electron chi connectivity index (χ1n) is 10.2. The molecule has 8 nitrogen and oxygen atoms in total. The number of allylic oxidation sites excluding steroid dienone is 5. The van der Waals surface area contributed by atoms with Crippen LogP contribution in [0.1, 0.15) is 30.9 Å². The molecule has 0 spiro atoms. The molecule has 150 valence electrons. The average Bonchev–Trinajstić information content (AvgIpc) is 3.26. The van der Waals surface area contributed by atoms with Crippen molar-refractivity contribution >= 4 is 17.4 Å². The van der Waals surface area contributed by atoms with E-state index in [0.717, 1.165) is 61.9 Å². The number of carbonyl (C=O) groups is 1. The second-order valence-electron chi connectivity index (χ2n) is 7.60. The molecule has 1 unspecified atom stereocenters. The van der Waals surface area contributed by atoms with E-state index >= 15 is 0 Å². The van der Waals surface area contributed by atoms with Gasteiger partial charge in [-0.05, 0) is 25.0 Å². The average molecular weight is 391 g/mol. The first-order valence-corrected chi connectivity index (χ1v) is 10.2. The van der Waals surface area contributed by atoms with Crippen molar-refractivity contribution in [3.05, 3.63) is 60.1 Å². The van der Waals surface area contributed by atoms with Crippen LogP contribution < -0.4 is 16.0 Å². The van der Waals surface area contributed by atoms with Crippen LogP contribution in [0, 0.1) is 0 Å². The van der Waals surface area contributed by atoms with Gasteiger partial charge in [-0.25, -0.2) is 9.97 Å². The molecule has 1 fully saturated rings. The SMILES string of the molecule is O=C1CC(c2cnc(NC3=CC=C(N4CCNCC4)CC3)c3nccn23)C=CN1. The van der Waals surface area contributed by atoms with Crippen LogP contribution in [0.15, 0.2) is 54.4 Å². The molecule has 2 aliphatic heterocycles. The van der Waals surface area contributed by atoms with Gasteiger partial charge in [0.2, 0.25) is 5.91 Å². The number of nitrogens with zero attached hydrogens (tertiary/aromatic N) is 4. The van der Waals surface area contributed by atoms with Crippen LogP contribution >= 0.6 is 0 Å². The molecule has 1 amide bonds. The number of nitrogens with one attached hydrogen (secondary N) is 3. The Morgan fingerprint density at radius 2 is 2.03 bits per heavy atom. The molecule has 3 N–H and O–H groups in total. The van der Waals surface area contributed by atoms with Crippen molar-refractivity contribution in [2.75, 3.05) is 31.5 Å². The predicted octanol–water partition coefficient (Wildman–Crippen LogP) is 1.73. The molecule has 29 heavy (non-hydrogen) atoms. The van der Waals surface area contributed by atoms with Crippen molar-refractivity contribution in [1.29, 1.82) is 0 Å². The van der Waals surface area contributed by atoms with Gasteiger partial charge in [0.1, 0.15) is 0 Å². The molecule has 5 rings (SSSR count).